The summed E-state index contributed by atoms with van der Waals surface area (Å²) >= 11 is 5.99. The fourth-order valence-corrected chi connectivity index (χ4v) is 2.76. The largest absolute Gasteiger partial charge is 0.511 e. The van der Waals surface area contributed by atoms with E-state index in [2.05, 4.69) is 4.99 Å². The molecule has 0 aliphatic heterocycles. The number of alkyl halides is 3. The van der Waals surface area contributed by atoms with E-state index in [-0.39, 0.29) is 40.5 Å². The monoisotopic (exact) mass is 345 g/mol. The molecule has 1 aliphatic carbocycles. The van der Waals surface area contributed by atoms with E-state index in [1.54, 1.807) is 6.92 Å². The number of carbonyl (C=O) groups is 1. The molecule has 0 saturated carbocycles. The summed E-state index contributed by atoms with van der Waals surface area (Å²) in [5.41, 5.74) is -0.495. The van der Waals surface area contributed by atoms with Crippen molar-refractivity contribution in [1.82, 2.24) is 0 Å². The van der Waals surface area contributed by atoms with Gasteiger partial charge in [-0.05, 0) is 36.6 Å². The number of benzene rings is 1. The van der Waals surface area contributed by atoms with Crippen LogP contribution in [0.5, 0.6) is 0 Å². The normalized spacial score (nSPS) is 19.7. The van der Waals surface area contributed by atoms with Crippen molar-refractivity contribution in [2.45, 2.75) is 31.9 Å². The van der Waals surface area contributed by atoms with Crippen LogP contribution in [0, 0.1) is 0 Å². The Balaban J connectivity index is 2.37. The highest BCUT2D eigenvalue weighted by Gasteiger charge is 2.34. The predicted molar refractivity (Wildman–Crippen MR) is 82.1 cm³/mol. The summed E-state index contributed by atoms with van der Waals surface area (Å²) in [6.07, 6.45) is -3.15. The van der Waals surface area contributed by atoms with Gasteiger partial charge in [-0.2, -0.15) is 13.2 Å². The minimum absolute atomic E-state index is 0.0177. The number of halogens is 4. The third-order valence-electron chi connectivity index (χ3n) is 3.65. The maximum atomic E-state index is 12.8. The standard InChI is InChI=1S/C16H15ClF3NO2/c1-2-21-8-12-14(22)5-9(6-15(12)23)11-7-10(16(18,19)20)3-4-13(11)17/h3-4,7-9,22H,2,5-6H2,1H3. The third kappa shape index (κ3) is 3.93. The number of aliphatic hydroxyl groups excluding tert-OH is 1. The first-order valence-electron chi connectivity index (χ1n) is 7.05. The molecule has 0 spiro atoms. The number of rotatable bonds is 3. The quantitative estimate of drug-likeness (QED) is 0.807. The Morgan fingerprint density at radius 2 is 2.09 bits per heavy atom. The molecule has 0 aromatic heterocycles. The molecule has 0 radical (unpaired) electrons. The summed E-state index contributed by atoms with van der Waals surface area (Å²) in [5.74, 6) is -1.11. The second-order valence-electron chi connectivity index (χ2n) is 5.25. The van der Waals surface area contributed by atoms with Crippen molar-refractivity contribution in [3.8, 4) is 0 Å². The molecule has 0 saturated heterocycles. The van der Waals surface area contributed by atoms with Crippen LogP contribution in [-0.2, 0) is 11.0 Å². The molecule has 1 unspecified atom stereocenters. The Morgan fingerprint density at radius 1 is 1.39 bits per heavy atom. The van der Waals surface area contributed by atoms with Crippen LogP contribution < -0.4 is 0 Å². The summed E-state index contributed by atoms with van der Waals surface area (Å²) in [4.78, 5) is 16.0. The molecular weight excluding hydrogens is 331 g/mol. The van der Waals surface area contributed by atoms with Crippen LogP contribution in [0.2, 0.25) is 5.02 Å². The van der Waals surface area contributed by atoms with Crippen molar-refractivity contribution >= 4 is 23.6 Å². The average molecular weight is 346 g/mol. The van der Waals surface area contributed by atoms with Gasteiger partial charge in [0.1, 0.15) is 5.76 Å². The van der Waals surface area contributed by atoms with Gasteiger partial charge in [0.2, 0.25) is 0 Å². The number of aliphatic hydroxyl groups is 1. The van der Waals surface area contributed by atoms with Gasteiger partial charge in [-0.3, -0.25) is 9.79 Å². The number of allylic oxidation sites excluding steroid dienone is 2. The lowest BCUT2D eigenvalue weighted by atomic mass is 9.82. The Kier molecular flexibility index (Phi) is 5.14. The van der Waals surface area contributed by atoms with Crippen LogP contribution in [0.3, 0.4) is 0 Å². The third-order valence-corrected chi connectivity index (χ3v) is 3.99. The first kappa shape index (κ1) is 17.5. The van der Waals surface area contributed by atoms with Crippen LogP contribution in [0.25, 0.3) is 0 Å². The molecule has 0 bridgehead atoms. The molecule has 1 aromatic rings. The molecule has 1 atom stereocenters. The number of hydrogen-bond acceptors (Lipinski definition) is 3. The van der Waals surface area contributed by atoms with Gasteiger partial charge in [0.05, 0.1) is 11.1 Å². The zero-order valence-electron chi connectivity index (χ0n) is 12.3. The average Bonchev–Trinajstić information content (AvgIpc) is 2.45. The topological polar surface area (TPSA) is 49.7 Å². The Bertz CT molecular complexity index is 680. The fourth-order valence-electron chi connectivity index (χ4n) is 2.49. The van der Waals surface area contributed by atoms with Crippen molar-refractivity contribution in [2.24, 2.45) is 4.99 Å². The van der Waals surface area contributed by atoms with Gasteiger partial charge in [-0.15, -0.1) is 0 Å². The summed E-state index contributed by atoms with van der Waals surface area (Å²) < 4.78 is 38.5. The zero-order chi connectivity index (χ0) is 17.2. The van der Waals surface area contributed by atoms with Crippen LogP contribution >= 0.6 is 11.6 Å². The highest BCUT2D eigenvalue weighted by Crippen LogP contribution is 2.39. The first-order valence-corrected chi connectivity index (χ1v) is 7.43. The highest BCUT2D eigenvalue weighted by atomic mass is 35.5. The van der Waals surface area contributed by atoms with E-state index >= 15 is 0 Å². The number of nitrogens with zero attached hydrogens (tertiary/aromatic N) is 1. The smallest absolute Gasteiger partial charge is 0.416 e. The molecule has 0 fully saturated rings. The summed E-state index contributed by atoms with van der Waals surface area (Å²) in [7, 11) is 0. The van der Waals surface area contributed by atoms with Gasteiger partial charge in [-0.1, -0.05) is 11.6 Å². The van der Waals surface area contributed by atoms with E-state index in [1.165, 1.54) is 12.3 Å². The van der Waals surface area contributed by atoms with Crippen LogP contribution in [0.4, 0.5) is 13.2 Å². The molecule has 2 rings (SSSR count). The SMILES string of the molecule is CCN=CC1=C(O)CC(c2cc(C(F)(F)F)ccc2Cl)CC1=O. The van der Waals surface area contributed by atoms with E-state index in [0.717, 1.165) is 12.1 Å². The van der Waals surface area contributed by atoms with Gasteiger partial charge >= 0.3 is 6.18 Å². The Labute approximate surface area is 136 Å². The van der Waals surface area contributed by atoms with Gasteiger partial charge in [0, 0.05) is 30.6 Å². The van der Waals surface area contributed by atoms with Crippen LogP contribution in [-0.4, -0.2) is 23.6 Å². The summed E-state index contributed by atoms with van der Waals surface area (Å²) in [6.45, 7) is 2.25. The predicted octanol–water partition coefficient (Wildman–Crippen LogP) is 4.71. The summed E-state index contributed by atoms with van der Waals surface area (Å²) in [5, 5.41) is 10.2. The van der Waals surface area contributed by atoms with Crippen molar-refractivity contribution in [1.29, 1.82) is 0 Å². The Hall–Kier alpha value is -1.82. The number of Topliss-reactive ketones (excluding diaryl/α,β-unsaturated/α-hetero) is 1. The van der Waals surface area contributed by atoms with E-state index in [0.29, 0.717) is 6.54 Å². The maximum Gasteiger partial charge on any atom is 0.416 e. The van der Waals surface area contributed by atoms with Crippen molar-refractivity contribution in [2.75, 3.05) is 6.54 Å². The number of hydrogen-bond donors (Lipinski definition) is 1. The number of ketones is 1. The lowest BCUT2D eigenvalue weighted by molar-refractivity contribution is -0.137. The molecule has 0 heterocycles. The molecular formula is C16H15ClF3NO2. The van der Waals surface area contributed by atoms with Gasteiger partial charge < -0.3 is 5.11 Å². The fraction of sp³-hybridized carbons (Fsp3) is 0.375. The van der Waals surface area contributed by atoms with Gasteiger partial charge in [0.15, 0.2) is 5.78 Å². The lowest BCUT2D eigenvalue weighted by Gasteiger charge is -2.24. The van der Waals surface area contributed by atoms with Gasteiger partial charge in [-0.25, -0.2) is 0 Å². The summed E-state index contributed by atoms with van der Waals surface area (Å²) in [6, 6.07) is 3.00. The van der Waals surface area contributed by atoms with Crippen LogP contribution in [0.15, 0.2) is 34.5 Å². The molecule has 124 valence electrons. The number of aliphatic imine (C=N–C) groups is 1. The van der Waals surface area contributed by atoms with E-state index in [4.69, 9.17) is 11.6 Å². The molecule has 7 heteroatoms. The van der Waals surface area contributed by atoms with Gasteiger partial charge in [0.25, 0.3) is 0 Å². The van der Waals surface area contributed by atoms with E-state index in [1.807, 2.05) is 0 Å². The lowest BCUT2D eigenvalue weighted by Crippen LogP contribution is -2.20. The molecule has 1 aliphatic rings. The molecule has 1 aromatic carbocycles. The minimum Gasteiger partial charge on any atom is -0.511 e. The zero-order valence-corrected chi connectivity index (χ0v) is 13.1. The second-order valence-corrected chi connectivity index (χ2v) is 5.66. The second kappa shape index (κ2) is 6.74. The van der Waals surface area contributed by atoms with Crippen molar-refractivity contribution in [3.63, 3.8) is 0 Å². The van der Waals surface area contributed by atoms with Crippen molar-refractivity contribution < 1.29 is 23.1 Å². The van der Waals surface area contributed by atoms with E-state index in [9.17, 15) is 23.1 Å². The molecule has 1 N–H and O–H groups in total. The molecule has 0 amide bonds. The van der Waals surface area contributed by atoms with Crippen molar-refractivity contribution in [3.05, 3.63) is 45.7 Å². The first-order chi connectivity index (χ1) is 10.7. The molecule has 3 nitrogen and oxygen atoms in total. The maximum absolute atomic E-state index is 12.8. The highest BCUT2D eigenvalue weighted by molar-refractivity contribution is 6.31. The Morgan fingerprint density at radius 3 is 2.65 bits per heavy atom. The number of carbonyl (C=O) groups excluding carboxylic acids is 1. The minimum atomic E-state index is -4.49. The van der Waals surface area contributed by atoms with Crippen LogP contribution in [0.1, 0.15) is 36.8 Å². The van der Waals surface area contributed by atoms with E-state index < -0.39 is 17.7 Å². The molecule has 23 heavy (non-hydrogen) atoms.